The molecule has 2 fully saturated rings. The van der Waals surface area contributed by atoms with E-state index < -0.39 is 0 Å². The Bertz CT molecular complexity index is 672. The fourth-order valence-electron chi connectivity index (χ4n) is 2.91. The number of hydrogen-bond acceptors (Lipinski definition) is 5. The minimum Gasteiger partial charge on any atom is -0.338 e. The second-order valence-electron chi connectivity index (χ2n) is 5.53. The van der Waals surface area contributed by atoms with E-state index in [1.54, 1.807) is 29.2 Å². The van der Waals surface area contributed by atoms with Gasteiger partial charge in [0.1, 0.15) is 0 Å². The molecule has 0 N–H and O–H groups in total. The lowest BCUT2D eigenvalue weighted by Gasteiger charge is -2.35. The van der Waals surface area contributed by atoms with Gasteiger partial charge in [-0.1, -0.05) is 11.8 Å². The number of imide groups is 1. The lowest BCUT2D eigenvalue weighted by Crippen LogP contribution is -2.48. The van der Waals surface area contributed by atoms with Crippen LogP contribution in [-0.4, -0.2) is 51.7 Å². The molecule has 0 atom stereocenters. The first-order valence-corrected chi connectivity index (χ1v) is 8.37. The van der Waals surface area contributed by atoms with Gasteiger partial charge < -0.3 is 4.90 Å². The Morgan fingerprint density at radius 3 is 2.35 bits per heavy atom. The van der Waals surface area contributed by atoms with E-state index in [0.717, 1.165) is 11.8 Å². The Kier molecular flexibility index (Phi) is 4.35. The first-order valence-electron chi connectivity index (χ1n) is 7.38. The van der Waals surface area contributed by atoms with E-state index in [1.165, 1.54) is 4.90 Å². The zero-order chi connectivity index (χ0) is 16.4. The molecule has 3 amide bonds. The Morgan fingerprint density at radius 2 is 1.83 bits per heavy atom. The van der Waals surface area contributed by atoms with Crippen LogP contribution in [0.2, 0.25) is 0 Å². The Morgan fingerprint density at radius 1 is 1.17 bits per heavy atom. The van der Waals surface area contributed by atoms with Crippen molar-refractivity contribution in [2.75, 3.05) is 18.8 Å². The third-order valence-electron chi connectivity index (χ3n) is 4.16. The monoisotopic (exact) mass is 329 g/mol. The predicted molar refractivity (Wildman–Crippen MR) is 84.8 cm³/mol. The molecule has 2 aliphatic heterocycles. The summed E-state index contributed by atoms with van der Waals surface area (Å²) in [6.45, 7) is 1.04. The molecular formula is C16H15N3O3S. The summed E-state index contributed by atoms with van der Waals surface area (Å²) in [6, 6.07) is 8.47. The van der Waals surface area contributed by atoms with Crippen LogP contribution in [0.4, 0.5) is 4.79 Å². The minimum absolute atomic E-state index is 0.0820. The molecule has 1 aromatic rings. The van der Waals surface area contributed by atoms with Crippen molar-refractivity contribution in [2.24, 2.45) is 0 Å². The highest BCUT2D eigenvalue weighted by Crippen LogP contribution is 2.27. The first-order chi connectivity index (χ1) is 11.1. The van der Waals surface area contributed by atoms with E-state index in [9.17, 15) is 14.4 Å². The molecule has 0 spiro atoms. The molecule has 7 heteroatoms. The van der Waals surface area contributed by atoms with Crippen LogP contribution in [0, 0.1) is 11.3 Å². The molecule has 1 aromatic carbocycles. The third-order valence-corrected chi connectivity index (χ3v) is 5.00. The summed E-state index contributed by atoms with van der Waals surface area (Å²) in [5.74, 6) is 0.0155. The summed E-state index contributed by atoms with van der Waals surface area (Å²) in [4.78, 5) is 39.0. The summed E-state index contributed by atoms with van der Waals surface area (Å²) in [5.41, 5.74) is 1.06. The lowest BCUT2D eigenvalue weighted by atomic mass is 10.0. The van der Waals surface area contributed by atoms with Gasteiger partial charge in [0.05, 0.1) is 17.4 Å². The van der Waals surface area contributed by atoms with Crippen molar-refractivity contribution in [3.8, 4) is 6.07 Å². The number of hydrogen-bond donors (Lipinski definition) is 0. The molecule has 118 valence electrons. The van der Waals surface area contributed by atoms with Crippen LogP contribution in [0.1, 0.15) is 28.8 Å². The molecule has 2 saturated heterocycles. The summed E-state index contributed by atoms with van der Waals surface area (Å²) >= 11 is 1.05. The van der Waals surface area contributed by atoms with Crippen LogP contribution < -0.4 is 0 Å². The maximum atomic E-state index is 12.4. The molecule has 0 saturated carbocycles. The van der Waals surface area contributed by atoms with Gasteiger partial charge in [-0.25, -0.2) is 0 Å². The average molecular weight is 329 g/mol. The van der Waals surface area contributed by atoms with Crippen LogP contribution in [0.25, 0.3) is 0 Å². The van der Waals surface area contributed by atoms with Crippen LogP contribution in [0.5, 0.6) is 0 Å². The number of thioether (sulfide) groups is 1. The van der Waals surface area contributed by atoms with Crippen LogP contribution in [0.3, 0.4) is 0 Å². The standard InChI is InChI=1S/C16H15N3O3S/c17-9-11-1-3-12(4-2-11)15(21)18-7-5-13(6-8-18)19-14(20)10-23-16(19)22/h1-4,13H,5-8,10H2. The van der Waals surface area contributed by atoms with Crippen molar-refractivity contribution in [3.05, 3.63) is 35.4 Å². The Labute approximate surface area is 138 Å². The molecule has 3 rings (SSSR count). The Balaban J connectivity index is 1.62. The predicted octanol–water partition coefficient (Wildman–Crippen LogP) is 1.86. The van der Waals surface area contributed by atoms with Crippen LogP contribution in [-0.2, 0) is 4.79 Å². The molecule has 6 nitrogen and oxygen atoms in total. The number of rotatable bonds is 2. The Hall–Kier alpha value is -2.33. The average Bonchev–Trinajstić information content (AvgIpc) is 2.93. The molecule has 0 aliphatic carbocycles. The maximum absolute atomic E-state index is 12.4. The van der Waals surface area contributed by atoms with Gasteiger partial charge in [0.2, 0.25) is 5.91 Å². The number of nitriles is 1. The highest BCUT2D eigenvalue weighted by atomic mass is 32.2. The number of amides is 3. The van der Waals surface area contributed by atoms with Gasteiger partial charge in [0.15, 0.2) is 0 Å². The summed E-state index contributed by atoms with van der Waals surface area (Å²) < 4.78 is 0. The van der Waals surface area contributed by atoms with Crippen LogP contribution >= 0.6 is 11.8 Å². The number of benzene rings is 1. The van der Waals surface area contributed by atoms with E-state index in [2.05, 4.69) is 0 Å². The van der Waals surface area contributed by atoms with Gasteiger partial charge in [0.25, 0.3) is 11.1 Å². The van der Waals surface area contributed by atoms with Gasteiger partial charge in [-0.3, -0.25) is 19.3 Å². The highest BCUT2D eigenvalue weighted by molar-refractivity contribution is 8.14. The number of carbonyl (C=O) groups excluding carboxylic acids is 3. The molecule has 2 heterocycles. The normalized spacial score (nSPS) is 19.1. The van der Waals surface area contributed by atoms with Gasteiger partial charge in [-0.2, -0.15) is 5.26 Å². The minimum atomic E-state index is -0.174. The number of carbonyl (C=O) groups is 3. The van der Waals surface area contributed by atoms with E-state index in [1.807, 2.05) is 6.07 Å². The molecular weight excluding hydrogens is 314 g/mol. The number of nitrogens with zero attached hydrogens (tertiary/aromatic N) is 3. The first kappa shape index (κ1) is 15.6. The topological polar surface area (TPSA) is 81.5 Å². The fourth-order valence-corrected chi connectivity index (χ4v) is 3.69. The summed E-state index contributed by atoms with van der Waals surface area (Å²) in [7, 11) is 0. The number of likely N-dealkylation sites (tertiary alicyclic amines) is 1. The summed E-state index contributed by atoms with van der Waals surface area (Å²) in [5, 5.41) is 8.61. The molecule has 23 heavy (non-hydrogen) atoms. The van der Waals surface area contributed by atoms with Gasteiger partial charge >= 0.3 is 0 Å². The van der Waals surface area contributed by atoms with Crippen molar-refractivity contribution in [1.29, 1.82) is 5.26 Å². The maximum Gasteiger partial charge on any atom is 0.289 e. The molecule has 0 radical (unpaired) electrons. The second-order valence-corrected chi connectivity index (χ2v) is 6.46. The summed E-state index contributed by atoms with van der Waals surface area (Å²) in [6.07, 6.45) is 1.22. The molecule has 0 aromatic heterocycles. The smallest absolute Gasteiger partial charge is 0.289 e. The van der Waals surface area contributed by atoms with Crippen LogP contribution in [0.15, 0.2) is 24.3 Å². The zero-order valence-electron chi connectivity index (χ0n) is 12.4. The van der Waals surface area contributed by atoms with Gasteiger partial charge in [0, 0.05) is 24.7 Å². The van der Waals surface area contributed by atoms with E-state index >= 15 is 0 Å². The second kappa shape index (κ2) is 6.42. The zero-order valence-corrected chi connectivity index (χ0v) is 13.2. The van der Waals surface area contributed by atoms with Crippen molar-refractivity contribution < 1.29 is 14.4 Å². The van der Waals surface area contributed by atoms with Gasteiger partial charge in [-0.15, -0.1) is 0 Å². The number of piperidine rings is 1. The third kappa shape index (κ3) is 3.08. The van der Waals surface area contributed by atoms with Crippen molar-refractivity contribution in [2.45, 2.75) is 18.9 Å². The van der Waals surface area contributed by atoms with E-state index in [-0.39, 0.29) is 28.8 Å². The molecule has 0 bridgehead atoms. The quantitative estimate of drug-likeness (QED) is 0.827. The van der Waals surface area contributed by atoms with Gasteiger partial charge in [-0.05, 0) is 37.1 Å². The SMILES string of the molecule is N#Cc1ccc(C(=O)N2CCC(N3C(=O)CSC3=O)CC2)cc1. The highest BCUT2D eigenvalue weighted by Gasteiger charge is 2.37. The largest absolute Gasteiger partial charge is 0.338 e. The molecule has 0 unspecified atom stereocenters. The molecule has 2 aliphatic rings. The van der Waals surface area contributed by atoms with E-state index in [4.69, 9.17) is 5.26 Å². The van der Waals surface area contributed by atoms with Crippen molar-refractivity contribution in [3.63, 3.8) is 0 Å². The van der Waals surface area contributed by atoms with Crippen molar-refractivity contribution in [1.82, 2.24) is 9.80 Å². The van der Waals surface area contributed by atoms with Crippen molar-refractivity contribution >= 4 is 28.8 Å². The fraction of sp³-hybridized carbons (Fsp3) is 0.375. The lowest BCUT2D eigenvalue weighted by molar-refractivity contribution is -0.126. The van der Waals surface area contributed by atoms with E-state index in [0.29, 0.717) is 37.1 Å².